The van der Waals surface area contributed by atoms with Crippen molar-refractivity contribution in [2.45, 2.75) is 26.1 Å². The first-order chi connectivity index (χ1) is 10.9. The van der Waals surface area contributed by atoms with Gasteiger partial charge >= 0.3 is 7.60 Å². The molecule has 0 heterocycles. The Bertz CT molecular complexity index is 700. The molecule has 2 aromatic rings. The van der Waals surface area contributed by atoms with Crippen LogP contribution in [0.15, 0.2) is 54.6 Å². The van der Waals surface area contributed by atoms with E-state index in [0.717, 1.165) is 5.56 Å². The van der Waals surface area contributed by atoms with Crippen molar-refractivity contribution >= 4 is 19.2 Å². The van der Waals surface area contributed by atoms with Crippen molar-refractivity contribution in [3.63, 3.8) is 0 Å². The third-order valence-electron chi connectivity index (χ3n) is 3.25. The van der Waals surface area contributed by atoms with E-state index in [-0.39, 0.29) is 12.1 Å². The van der Waals surface area contributed by atoms with E-state index in [1.807, 2.05) is 30.3 Å². The van der Waals surface area contributed by atoms with E-state index in [0.29, 0.717) is 11.3 Å². The van der Waals surface area contributed by atoms with Crippen molar-refractivity contribution in [3.8, 4) is 0 Å². The molecule has 2 N–H and O–H groups in total. The lowest BCUT2D eigenvalue weighted by atomic mass is 10.1. The molecule has 6 heteroatoms. The number of carbonyl (C=O) groups excluding carboxylic acids is 1. The highest BCUT2D eigenvalue weighted by Gasteiger charge is 2.24. The highest BCUT2D eigenvalue weighted by atomic mass is 31.2. The summed E-state index contributed by atoms with van der Waals surface area (Å²) < 4.78 is 17.7. The number of hydrogen-bond donors (Lipinski definition) is 2. The summed E-state index contributed by atoms with van der Waals surface area (Å²) in [6.07, 6.45) is -0.546. The number of anilines is 1. The summed E-state index contributed by atoms with van der Waals surface area (Å²) in [6, 6.07) is 16.1. The SMILES string of the molecule is CC(=O)Nc1ccc(CP(=O)(O)OC(C)c2ccccc2)cc1. The molecule has 0 saturated carbocycles. The largest absolute Gasteiger partial charge is 0.333 e. The predicted octanol–water partition coefficient (Wildman–Crippen LogP) is 4.11. The van der Waals surface area contributed by atoms with Gasteiger partial charge in [-0.05, 0) is 30.2 Å². The van der Waals surface area contributed by atoms with Crippen molar-refractivity contribution in [2.24, 2.45) is 0 Å². The van der Waals surface area contributed by atoms with Gasteiger partial charge in [0, 0.05) is 12.6 Å². The standard InChI is InChI=1S/C17H20NO4P/c1-13(16-6-4-3-5-7-16)22-23(20,21)12-15-8-10-17(11-9-15)18-14(2)19/h3-11,13H,12H2,1-2H3,(H,18,19)(H,20,21). The van der Waals surface area contributed by atoms with Crippen LogP contribution in [0.3, 0.4) is 0 Å². The first-order valence-electron chi connectivity index (χ1n) is 7.27. The lowest BCUT2D eigenvalue weighted by Gasteiger charge is -2.18. The maximum absolute atomic E-state index is 12.3. The van der Waals surface area contributed by atoms with Gasteiger partial charge in [0.25, 0.3) is 0 Å². The molecule has 5 nitrogen and oxygen atoms in total. The summed E-state index contributed by atoms with van der Waals surface area (Å²) >= 11 is 0. The summed E-state index contributed by atoms with van der Waals surface area (Å²) in [5.41, 5.74) is 2.17. The normalized spacial score (nSPS) is 14.7. The van der Waals surface area contributed by atoms with Crippen LogP contribution in [-0.4, -0.2) is 10.8 Å². The fourth-order valence-corrected chi connectivity index (χ4v) is 3.56. The van der Waals surface area contributed by atoms with E-state index < -0.39 is 13.7 Å². The first-order valence-corrected chi connectivity index (χ1v) is 9.04. The summed E-state index contributed by atoms with van der Waals surface area (Å²) in [4.78, 5) is 21.0. The number of benzene rings is 2. The lowest BCUT2D eigenvalue weighted by molar-refractivity contribution is -0.114. The minimum absolute atomic E-state index is 0.0788. The highest BCUT2D eigenvalue weighted by Crippen LogP contribution is 2.49. The first kappa shape index (κ1) is 17.4. The second kappa shape index (κ2) is 7.55. The molecule has 0 aromatic heterocycles. The smallest absolute Gasteiger partial charge is 0.326 e. The fraction of sp³-hybridized carbons (Fsp3) is 0.235. The highest BCUT2D eigenvalue weighted by molar-refractivity contribution is 7.51. The van der Waals surface area contributed by atoms with Gasteiger partial charge < -0.3 is 14.7 Å². The molecule has 2 aromatic carbocycles. The van der Waals surface area contributed by atoms with Crippen molar-refractivity contribution < 1.29 is 18.8 Å². The summed E-state index contributed by atoms with van der Waals surface area (Å²) in [5.74, 6) is -0.161. The molecule has 0 fully saturated rings. The molecule has 0 aliphatic heterocycles. The van der Waals surface area contributed by atoms with Crippen molar-refractivity contribution in [1.82, 2.24) is 0 Å². The Morgan fingerprint density at radius 1 is 1.17 bits per heavy atom. The molecule has 122 valence electrons. The van der Waals surface area contributed by atoms with Gasteiger partial charge in [-0.3, -0.25) is 9.36 Å². The van der Waals surface area contributed by atoms with Crippen molar-refractivity contribution in [3.05, 3.63) is 65.7 Å². The van der Waals surface area contributed by atoms with Crippen LogP contribution in [0, 0.1) is 0 Å². The van der Waals surface area contributed by atoms with Crippen molar-refractivity contribution in [1.29, 1.82) is 0 Å². The van der Waals surface area contributed by atoms with E-state index in [9.17, 15) is 14.3 Å². The van der Waals surface area contributed by atoms with Gasteiger partial charge in [-0.25, -0.2) is 0 Å². The number of nitrogens with one attached hydrogen (secondary N) is 1. The molecule has 0 spiro atoms. The van der Waals surface area contributed by atoms with Gasteiger partial charge in [0.1, 0.15) is 0 Å². The monoisotopic (exact) mass is 333 g/mol. The van der Waals surface area contributed by atoms with Gasteiger partial charge in [0.15, 0.2) is 0 Å². The molecule has 0 aliphatic carbocycles. The Morgan fingerprint density at radius 2 is 1.78 bits per heavy atom. The van der Waals surface area contributed by atoms with E-state index in [4.69, 9.17) is 4.52 Å². The van der Waals surface area contributed by atoms with Crippen LogP contribution >= 0.6 is 7.60 Å². The van der Waals surface area contributed by atoms with E-state index >= 15 is 0 Å². The van der Waals surface area contributed by atoms with Crippen LogP contribution in [0.2, 0.25) is 0 Å². The van der Waals surface area contributed by atoms with Crippen LogP contribution < -0.4 is 5.32 Å². The van der Waals surface area contributed by atoms with Gasteiger partial charge in [-0.2, -0.15) is 0 Å². The van der Waals surface area contributed by atoms with Crippen LogP contribution in [0.5, 0.6) is 0 Å². The topological polar surface area (TPSA) is 75.6 Å². The molecule has 1 amide bonds. The molecule has 0 bridgehead atoms. The average Bonchev–Trinajstić information content (AvgIpc) is 2.49. The summed E-state index contributed by atoms with van der Waals surface area (Å²) in [7, 11) is -3.77. The van der Waals surface area contributed by atoms with Gasteiger partial charge in [0.05, 0.1) is 12.3 Å². The third kappa shape index (κ3) is 5.64. The van der Waals surface area contributed by atoms with E-state index in [2.05, 4.69) is 5.32 Å². The maximum atomic E-state index is 12.3. The fourth-order valence-electron chi connectivity index (χ4n) is 2.20. The molecule has 0 saturated heterocycles. The van der Waals surface area contributed by atoms with Gasteiger partial charge in [0.2, 0.25) is 5.91 Å². The molecule has 2 atom stereocenters. The Hall–Kier alpha value is -1.94. The van der Waals surface area contributed by atoms with Crippen molar-refractivity contribution in [2.75, 3.05) is 5.32 Å². The van der Waals surface area contributed by atoms with Gasteiger partial charge in [-0.15, -0.1) is 0 Å². The molecule has 2 unspecified atom stereocenters. The van der Waals surface area contributed by atoms with Crippen LogP contribution in [0.4, 0.5) is 5.69 Å². The number of rotatable bonds is 6. The molecule has 0 aliphatic rings. The minimum Gasteiger partial charge on any atom is -0.326 e. The van der Waals surface area contributed by atoms with E-state index in [1.165, 1.54) is 6.92 Å². The third-order valence-corrected chi connectivity index (χ3v) is 4.66. The quantitative estimate of drug-likeness (QED) is 0.780. The Morgan fingerprint density at radius 3 is 2.35 bits per heavy atom. The zero-order valence-corrected chi connectivity index (χ0v) is 14.0. The second-order valence-electron chi connectivity index (χ2n) is 5.33. The average molecular weight is 333 g/mol. The van der Waals surface area contributed by atoms with Gasteiger partial charge in [-0.1, -0.05) is 42.5 Å². The van der Waals surface area contributed by atoms with Crippen LogP contribution in [0.1, 0.15) is 31.1 Å². The molecule has 2 rings (SSSR count). The lowest BCUT2D eigenvalue weighted by Crippen LogP contribution is -2.05. The Kier molecular flexibility index (Phi) is 5.72. The maximum Gasteiger partial charge on any atom is 0.333 e. The summed E-state index contributed by atoms with van der Waals surface area (Å²) in [6.45, 7) is 3.17. The Balaban J connectivity index is 2.00. The zero-order chi connectivity index (χ0) is 16.9. The summed E-state index contributed by atoms with van der Waals surface area (Å²) in [5, 5.41) is 2.65. The zero-order valence-electron chi connectivity index (χ0n) is 13.1. The van der Waals surface area contributed by atoms with E-state index in [1.54, 1.807) is 31.2 Å². The Labute approximate surface area is 135 Å². The minimum atomic E-state index is -3.77. The van der Waals surface area contributed by atoms with Crippen LogP contribution in [-0.2, 0) is 20.0 Å². The second-order valence-corrected chi connectivity index (χ2v) is 7.13. The molecule has 23 heavy (non-hydrogen) atoms. The predicted molar refractivity (Wildman–Crippen MR) is 90.2 cm³/mol. The molecular formula is C17H20NO4P. The number of hydrogen-bond acceptors (Lipinski definition) is 3. The number of carbonyl (C=O) groups is 1. The number of amides is 1. The molecular weight excluding hydrogens is 313 g/mol. The molecule has 0 radical (unpaired) electrons. The van der Waals surface area contributed by atoms with Crippen LogP contribution in [0.25, 0.3) is 0 Å².